The van der Waals surface area contributed by atoms with E-state index in [1.165, 1.54) is 0 Å². The van der Waals surface area contributed by atoms with Gasteiger partial charge in [-0.2, -0.15) is 0 Å². The highest BCUT2D eigenvalue weighted by atomic mass is 16.2. The Balaban J connectivity index is 1.47. The number of rotatable bonds is 2. The van der Waals surface area contributed by atoms with E-state index < -0.39 is 0 Å². The molecule has 7 heteroatoms. The maximum Gasteiger partial charge on any atom is 0.239 e. The fourth-order valence-electron chi connectivity index (χ4n) is 3.82. The van der Waals surface area contributed by atoms with Crippen molar-refractivity contribution >= 4 is 17.5 Å². The lowest BCUT2D eigenvalue weighted by Crippen LogP contribution is -2.45. The lowest BCUT2D eigenvalue weighted by atomic mass is 10.2. The van der Waals surface area contributed by atoms with Crippen LogP contribution in [0.15, 0.2) is 24.4 Å². The second-order valence-electron chi connectivity index (χ2n) is 6.73. The highest BCUT2D eigenvalue weighted by molar-refractivity contribution is 5.82. The van der Waals surface area contributed by atoms with Gasteiger partial charge in [-0.25, -0.2) is 0 Å². The summed E-state index contributed by atoms with van der Waals surface area (Å²) in [5, 5.41) is 8.58. The van der Waals surface area contributed by atoms with Crippen LogP contribution in [0.3, 0.4) is 0 Å². The minimum Gasteiger partial charge on any atom is -0.339 e. The van der Waals surface area contributed by atoms with Crippen LogP contribution in [0.2, 0.25) is 0 Å². The maximum atomic E-state index is 12.8. The summed E-state index contributed by atoms with van der Waals surface area (Å²) in [6, 6.07) is 5.99. The molecule has 2 aliphatic rings. The number of anilines is 1. The molecule has 1 atom stereocenters. The van der Waals surface area contributed by atoms with Crippen molar-refractivity contribution in [2.45, 2.75) is 25.3 Å². The molecule has 0 aromatic carbocycles. The molecule has 128 valence electrons. The van der Waals surface area contributed by atoms with Gasteiger partial charge in [-0.1, -0.05) is 6.07 Å². The monoisotopic (exact) mass is 328 g/mol. The van der Waals surface area contributed by atoms with E-state index in [0.717, 1.165) is 63.6 Å². The summed E-state index contributed by atoms with van der Waals surface area (Å²) in [4.78, 5) is 19.3. The van der Waals surface area contributed by atoms with Crippen molar-refractivity contribution in [2.24, 2.45) is 0 Å². The van der Waals surface area contributed by atoms with Crippen LogP contribution < -0.4 is 4.90 Å². The molecule has 2 aromatic heterocycles. The number of likely N-dealkylation sites (N-methyl/N-ethyl adjacent to an activating group) is 1. The second kappa shape index (κ2) is 6.39. The molecule has 2 aliphatic heterocycles. The Morgan fingerprint density at radius 3 is 2.83 bits per heavy atom. The Kier molecular flexibility index (Phi) is 4.10. The fraction of sp³-hybridized carbons (Fsp3) is 0.588. The highest BCUT2D eigenvalue weighted by Crippen LogP contribution is 2.20. The lowest BCUT2D eigenvalue weighted by molar-refractivity contribution is -0.135. The summed E-state index contributed by atoms with van der Waals surface area (Å²) in [6.07, 6.45) is 5.07. The number of pyridine rings is 1. The minimum absolute atomic E-state index is 0.0745. The topological polar surface area (TPSA) is 57.0 Å². The normalized spacial score (nSPS) is 23.0. The standard InChI is InChI=1S/C17H24N6O/c1-20-8-4-6-14(20)16(24)21-9-5-10-22(13-12-21)17-19-18-15-7-2-3-11-23(15)17/h2-3,7,11,14H,4-6,8-10,12-13H2,1H3/t14-/m0/s1. The first-order valence-electron chi connectivity index (χ1n) is 8.78. The first kappa shape index (κ1) is 15.4. The number of carbonyl (C=O) groups excluding carboxylic acids is 1. The molecule has 0 aliphatic carbocycles. The average Bonchev–Trinajstić information content (AvgIpc) is 3.14. The van der Waals surface area contributed by atoms with Gasteiger partial charge in [0.1, 0.15) is 0 Å². The molecule has 0 saturated carbocycles. The Morgan fingerprint density at radius 2 is 2.00 bits per heavy atom. The SMILES string of the molecule is CN1CCC[C@H]1C(=O)N1CCCN(c2nnc3ccccn23)CC1. The number of nitrogens with zero attached hydrogens (tertiary/aromatic N) is 6. The fourth-order valence-corrected chi connectivity index (χ4v) is 3.82. The third-order valence-electron chi connectivity index (χ3n) is 5.19. The lowest BCUT2D eigenvalue weighted by Gasteiger charge is -2.27. The number of likely N-dealkylation sites (tertiary alicyclic amines) is 1. The van der Waals surface area contributed by atoms with E-state index in [2.05, 4.69) is 27.0 Å². The Bertz CT molecular complexity index is 729. The van der Waals surface area contributed by atoms with Gasteiger partial charge < -0.3 is 9.80 Å². The Hall–Kier alpha value is -2.15. The molecule has 4 heterocycles. The van der Waals surface area contributed by atoms with Crippen LogP contribution >= 0.6 is 0 Å². The van der Waals surface area contributed by atoms with Gasteiger partial charge in [-0.05, 0) is 45.0 Å². The number of carbonyl (C=O) groups is 1. The average molecular weight is 328 g/mol. The van der Waals surface area contributed by atoms with Crippen LogP contribution in [-0.4, -0.2) is 76.1 Å². The zero-order valence-electron chi connectivity index (χ0n) is 14.1. The molecule has 0 spiro atoms. The quantitative estimate of drug-likeness (QED) is 0.818. The van der Waals surface area contributed by atoms with Crippen molar-refractivity contribution < 1.29 is 4.79 Å². The Labute approximate surface area is 141 Å². The molecule has 24 heavy (non-hydrogen) atoms. The van der Waals surface area contributed by atoms with Crippen LogP contribution in [0, 0.1) is 0 Å². The van der Waals surface area contributed by atoms with Crippen LogP contribution in [0.25, 0.3) is 5.65 Å². The van der Waals surface area contributed by atoms with Gasteiger partial charge in [0.25, 0.3) is 0 Å². The molecule has 2 saturated heterocycles. The number of hydrogen-bond acceptors (Lipinski definition) is 5. The number of hydrogen-bond donors (Lipinski definition) is 0. The number of amides is 1. The smallest absolute Gasteiger partial charge is 0.239 e. The van der Waals surface area contributed by atoms with E-state index >= 15 is 0 Å². The maximum absolute atomic E-state index is 12.8. The molecule has 7 nitrogen and oxygen atoms in total. The zero-order chi connectivity index (χ0) is 16.5. The molecule has 0 N–H and O–H groups in total. The van der Waals surface area contributed by atoms with Crippen LogP contribution in [0.4, 0.5) is 5.95 Å². The Morgan fingerprint density at radius 1 is 1.08 bits per heavy atom. The van der Waals surface area contributed by atoms with Gasteiger partial charge in [0.15, 0.2) is 5.65 Å². The van der Waals surface area contributed by atoms with Crippen molar-refractivity contribution in [1.29, 1.82) is 0 Å². The molecule has 4 rings (SSSR count). The van der Waals surface area contributed by atoms with Gasteiger partial charge in [0.05, 0.1) is 6.04 Å². The van der Waals surface area contributed by atoms with Crippen molar-refractivity contribution in [3.8, 4) is 0 Å². The molecule has 2 aromatic rings. The van der Waals surface area contributed by atoms with Gasteiger partial charge in [0.2, 0.25) is 11.9 Å². The molecule has 0 bridgehead atoms. The minimum atomic E-state index is 0.0745. The van der Waals surface area contributed by atoms with Crippen molar-refractivity contribution in [3.63, 3.8) is 0 Å². The van der Waals surface area contributed by atoms with Gasteiger partial charge in [-0.3, -0.25) is 14.1 Å². The van der Waals surface area contributed by atoms with E-state index in [1.54, 1.807) is 0 Å². The third kappa shape index (κ3) is 2.73. The molecule has 1 amide bonds. The summed E-state index contributed by atoms with van der Waals surface area (Å²) >= 11 is 0. The van der Waals surface area contributed by atoms with E-state index in [9.17, 15) is 4.79 Å². The van der Waals surface area contributed by atoms with E-state index in [4.69, 9.17) is 0 Å². The summed E-state index contributed by atoms with van der Waals surface area (Å²) in [5.41, 5.74) is 0.859. The summed E-state index contributed by atoms with van der Waals surface area (Å²) in [7, 11) is 2.06. The second-order valence-corrected chi connectivity index (χ2v) is 6.73. The zero-order valence-corrected chi connectivity index (χ0v) is 14.1. The molecule has 0 unspecified atom stereocenters. The largest absolute Gasteiger partial charge is 0.339 e. The van der Waals surface area contributed by atoms with E-state index in [1.807, 2.05) is 33.7 Å². The van der Waals surface area contributed by atoms with Crippen molar-refractivity contribution in [3.05, 3.63) is 24.4 Å². The predicted molar refractivity (Wildman–Crippen MR) is 92.0 cm³/mol. The number of fused-ring (bicyclic) bond motifs is 1. The molecular weight excluding hydrogens is 304 g/mol. The first-order chi connectivity index (χ1) is 11.7. The summed E-state index contributed by atoms with van der Waals surface area (Å²) < 4.78 is 2.02. The molecular formula is C17H24N6O. The first-order valence-corrected chi connectivity index (χ1v) is 8.78. The highest BCUT2D eigenvalue weighted by Gasteiger charge is 2.32. The van der Waals surface area contributed by atoms with Gasteiger partial charge in [0, 0.05) is 32.4 Å². The number of aromatic nitrogens is 3. The van der Waals surface area contributed by atoms with Crippen molar-refractivity contribution in [1.82, 2.24) is 24.4 Å². The van der Waals surface area contributed by atoms with Crippen LogP contribution in [0.1, 0.15) is 19.3 Å². The molecule has 2 fully saturated rings. The summed E-state index contributed by atoms with van der Waals surface area (Å²) in [5.74, 6) is 1.17. The van der Waals surface area contributed by atoms with Crippen molar-refractivity contribution in [2.75, 3.05) is 44.7 Å². The summed E-state index contributed by atoms with van der Waals surface area (Å²) in [6.45, 7) is 4.32. The van der Waals surface area contributed by atoms with Gasteiger partial charge >= 0.3 is 0 Å². The van der Waals surface area contributed by atoms with Crippen LogP contribution in [0.5, 0.6) is 0 Å². The van der Waals surface area contributed by atoms with Gasteiger partial charge in [-0.15, -0.1) is 10.2 Å². The molecule has 0 radical (unpaired) electrons. The van der Waals surface area contributed by atoms with E-state index in [-0.39, 0.29) is 6.04 Å². The predicted octanol–water partition coefficient (Wildman–Crippen LogP) is 0.862. The third-order valence-corrected chi connectivity index (χ3v) is 5.19. The van der Waals surface area contributed by atoms with Crippen LogP contribution in [-0.2, 0) is 4.79 Å². The van der Waals surface area contributed by atoms with E-state index in [0.29, 0.717) is 5.91 Å².